The molecule has 1 aliphatic rings. The first-order chi connectivity index (χ1) is 13.5. The minimum Gasteiger partial charge on any atom is -0.541 e. The van der Waals surface area contributed by atoms with Crippen molar-refractivity contribution in [3.05, 3.63) is 23.3 Å². The molecule has 1 aliphatic heterocycles. The van der Waals surface area contributed by atoms with Crippen LogP contribution in [0.2, 0.25) is 36.3 Å². The number of carbonyl (C=O) groups is 1. The van der Waals surface area contributed by atoms with Gasteiger partial charge in [0, 0.05) is 6.54 Å². The van der Waals surface area contributed by atoms with Crippen molar-refractivity contribution >= 4 is 22.6 Å². The Morgan fingerprint density at radius 2 is 1.33 bits per heavy atom. The van der Waals surface area contributed by atoms with Gasteiger partial charge in [0.05, 0.1) is 7.11 Å². The van der Waals surface area contributed by atoms with Gasteiger partial charge in [-0.15, -0.1) is 0 Å². The monoisotopic (exact) mass is 451 g/mol. The second-order valence-corrected chi connectivity index (χ2v) is 20.9. The van der Waals surface area contributed by atoms with Crippen LogP contribution in [-0.4, -0.2) is 35.8 Å². The highest BCUT2D eigenvalue weighted by Gasteiger charge is 2.42. The molecular weight excluding hydrogens is 410 g/mol. The van der Waals surface area contributed by atoms with Crippen molar-refractivity contribution in [2.75, 3.05) is 7.11 Å². The lowest BCUT2D eigenvalue weighted by atomic mass is 9.95. The van der Waals surface area contributed by atoms with Gasteiger partial charge in [0.2, 0.25) is 0 Å². The predicted octanol–water partition coefficient (Wildman–Crippen LogP) is 5.64. The SMILES string of the molecule is COC(=O)[C@@H]1Cc2cc(O[Si](C)(C)C(C)(C)C)c(O[Si](C)(C)C(C)(C)C)cc2CN1. The van der Waals surface area contributed by atoms with Crippen LogP contribution in [-0.2, 0) is 22.5 Å². The Labute approximate surface area is 185 Å². The normalized spacial score (nSPS) is 17.9. The largest absolute Gasteiger partial charge is 0.541 e. The molecule has 0 aliphatic carbocycles. The van der Waals surface area contributed by atoms with Gasteiger partial charge in [-0.05, 0) is 65.9 Å². The highest BCUT2D eigenvalue weighted by Crippen LogP contribution is 2.44. The number of esters is 1. The van der Waals surface area contributed by atoms with Crippen LogP contribution in [0.5, 0.6) is 11.5 Å². The van der Waals surface area contributed by atoms with Crippen LogP contribution < -0.4 is 14.2 Å². The van der Waals surface area contributed by atoms with E-state index in [1.165, 1.54) is 7.11 Å². The minimum absolute atomic E-state index is 0.0766. The number of carbonyl (C=O) groups excluding carboxylic acids is 1. The lowest BCUT2D eigenvalue weighted by molar-refractivity contribution is -0.143. The molecule has 0 spiro atoms. The number of fused-ring (bicyclic) bond motifs is 1. The Kier molecular flexibility index (Phi) is 6.92. The Morgan fingerprint density at radius 3 is 1.73 bits per heavy atom. The smallest absolute Gasteiger partial charge is 0.323 e. The standard InChI is InChI=1S/C23H41NO4Si2/c1-22(2,3)29(8,9)27-19-13-16-12-18(21(25)26-7)24-15-17(16)14-20(19)28-30(10,11)23(4,5)6/h13-14,18,24H,12,15H2,1-11H3/t18-/m0/s1. The molecule has 0 radical (unpaired) electrons. The maximum atomic E-state index is 12.1. The van der Waals surface area contributed by atoms with Crippen LogP contribution >= 0.6 is 0 Å². The topological polar surface area (TPSA) is 56.8 Å². The molecule has 5 nitrogen and oxygen atoms in total. The predicted molar refractivity (Wildman–Crippen MR) is 128 cm³/mol. The van der Waals surface area contributed by atoms with E-state index in [1.807, 2.05) is 0 Å². The average Bonchev–Trinajstić information content (AvgIpc) is 2.58. The molecule has 0 amide bonds. The third-order valence-corrected chi connectivity index (χ3v) is 15.7. The molecule has 1 N–H and O–H groups in total. The Bertz CT molecular complexity index is 792. The van der Waals surface area contributed by atoms with Gasteiger partial charge in [-0.2, -0.15) is 0 Å². The van der Waals surface area contributed by atoms with Gasteiger partial charge in [-0.1, -0.05) is 41.5 Å². The molecule has 1 heterocycles. The zero-order valence-corrected chi connectivity index (χ0v) is 22.8. The van der Waals surface area contributed by atoms with Crippen molar-refractivity contribution in [1.29, 1.82) is 0 Å². The summed E-state index contributed by atoms with van der Waals surface area (Å²) >= 11 is 0. The van der Waals surface area contributed by atoms with E-state index < -0.39 is 16.6 Å². The maximum Gasteiger partial charge on any atom is 0.323 e. The first kappa shape index (κ1) is 24.9. The van der Waals surface area contributed by atoms with E-state index in [0.717, 1.165) is 22.6 Å². The van der Waals surface area contributed by atoms with E-state index in [0.29, 0.717) is 13.0 Å². The summed E-state index contributed by atoms with van der Waals surface area (Å²) in [6, 6.07) is 3.91. The summed E-state index contributed by atoms with van der Waals surface area (Å²) in [5.74, 6) is 1.42. The maximum absolute atomic E-state index is 12.1. The van der Waals surface area contributed by atoms with Gasteiger partial charge in [0.25, 0.3) is 16.6 Å². The fourth-order valence-electron chi connectivity index (χ4n) is 2.85. The summed E-state index contributed by atoms with van der Waals surface area (Å²) in [5, 5.41) is 3.45. The lowest BCUT2D eigenvalue weighted by Crippen LogP contribution is -2.46. The fourth-order valence-corrected chi connectivity index (χ4v) is 4.88. The first-order valence-electron chi connectivity index (χ1n) is 10.8. The van der Waals surface area contributed by atoms with Crippen LogP contribution in [0.25, 0.3) is 0 Å². The number of ether oxygens (including phenoxy) is 1. The number of methoxy groups -OCH3 is 1. The molecule has 0 unspecified atom stereocenters. The summed E-state index contributed by atoms with van der Waals surface area (Å²) in [5.41, 5.74) is 2.28. The van der Waals surface area contributed by atoms with E-state index in [9.17, 15) is 4.79 Å². The molecule has 1 aromatic carbocycles. The second kappa shape index (κ2) is 8.32. The highest BCUT2D eigenvalue weighted by atomic mass is 28.4. The van der Waals surface area contributed by atoms with Crippen LogP contribution in [0, 0.1) is 0 Å². The van der Waals surface area contributed by atoms with E-state index in [1.54, 1.807) is 0 Å². The van der Waals surface area contributed by atoms with Crippen LogP contribution in [0.15, 0.2) is 12.1 Å². The van der Waals surface area contributed by atoms with E-state index in [-0.39, 0.29) is 22.1 Å². The number of hydrogen-bond acceptors (Lipinski definition) is 5. The molecule has 0 saturated heterocycles. The quantitative estimate of drug-likeness (QED) is 0.463. The van der Waals surface area contributed by atoms with E-state index in [2.05, 4.69) is 85.2 Å². The molecule has 0 bridgehead atoms. The van der Waals surface area contributed by atoms with Crippen molar-refractivity contribution in [2.45, 2.75) is 96.8 Å². The highest BCUT2D eigenvalue weighted by molar-refractivity contribution is 6.75. The van der Waals surface area contributed by atoms with Gasteiger partial charge in [-0.25, -0.2) is 0 Å². The lowest BCUT2D eigenvalue weighted by Gasteiger charge is -2.40. The Hall–Kier alpha value is -1.32. The van der Waals surface area contributed by atoms with Gasteiger partial charge >= 0.3 is 5.97 Å². The molecule has 1 aromatic rings. The summed E-state index contributed by atoms with van der Waals surface area (Å²) in [4.78, 5) is 12.1. The van der Waals surface area contributed by atoms with E-state index in [4.69, 9.17) is 13.6 Å². The van der Waals surface area contributed by atoms with Gasteiger partial charge < -0.3 is 18.9 Å². The molecule has 1 atom stereocenters. The second-order valence-electron chi connectivity index (χ2n) is 11.5. The number of nitrogens with one attached hydrogen (secondary N) is 1. The fraction of sp³-hybridized carbons (Fsp3) is 0.696. The van der Waals surface area contributed by atoms with Crippen molar-refractivity contribution in [3.63, 3.8) is 0 Å². The summed E-state index contributed by atoms with van der Waals surface area (Å²) in [7, 11) is -2.67. The molecule has 2 rings (SSSR count). The van der Waals surface area contributed by atoms with Crippen molar-refractivity contribution < 1.29 is 18.4 Å². The molecule has 7 heteroatoms. The van der Waals surface area contributed by atoms with E-state index >= 15 is 0 Å². The molecule has 30 heavy (non-hydrogen) atoms. The van der Waals surface area contributed by atoms with Crippen molar-refractivity contribution in [1.82, 2.24) is 5.32 Å². The number of hydrogen-bond donors (Lipinski definition) is 1. The van der Waals surface area contributed by atoms with Crippen LogP contribution in [0.1, 0.15) is 52.7 Å². The zero-order chi connectivity index (χ0) is 23.1. The number of benzene rings is 1. The first-order valence-corrected chi connectivity index (χ1v) is 16.7. The molecule has 0 fully saturated rings. The van der Waals surface area contributed by atoms with Gasteiger partial charge in [0.15, 0.2) is 0 Å². The summed E-state index contributed by atoms with van der Waals surface area (Å²) in [6.07, 6.45) is 0.593. The Balaban J connectivity index is 2.51. The van der Waals surface area contributed by atoms with Crippen LogP contribution in [0.4, 0.5) is 0 Å². The van der Waals surface area contributed by atoms with Gasteiger partial charge in [0.1, 0.15) is 17.5 Å². The third kappa shape index (κ3) is 5.29. The van der Waals surface area contributed by atoms with Gasteiger partial charge in [-0.3, -0.25) is 4.79 Å². The minimum atomic E-state index is -2.06. The third-order valence-electron chi connectivity index (χ3n) is 7.06. The zero-order valence-electron chi connectivity index (χ0n) is 20.8. The van der Waals surface area contributed by atoms with Crippen molar-refractivity contribution in [3.8, 4) is 11.5 Å². The summed E-state index contributed by atoms with van der Waals surface area (Å²) < 4.78 is 18.4. The number of rotatable bonds is 5. The van der Waals surface area contributed by atoms with Crippen molar-refractivity contribution in [2.24, 2.45) is 0 Å². The average molecular weight is 452 g/mol. The Morgan fingerprint density at radius 1 is 0.900 bits per heavy atom. The summed E-state index contributed by atoms with van der Waals surface area (Å²) in [6.45, 7) is 23.1. The molecule has 0 aromatic heterocycles. The molecule has 0 saturated carbocycles. The molecular formula is C23H41NO4Si2. The molecule has 170 valence electrons. The van der Waals surface area contributed by atoms with Crippen LogP contribution in [0.3, 0.4) is 0 Å².